The molecular weight excluding hydrogens is 638 g/mol. The van der Waals surface area contributed by atoms with Crippen molar-refractivity contribution in [2.24, 2.45) is 23.7 Å². The maximum atomic E-state index is 13.1. The van der Waals surface area contributed by atoms with Crippen LogP contribution < -0.4 is 5.32 Å². The van der Waals surface area contributed by atoms with Crippen LogP contribution in [0.1, 0.15) is 126 Å². The van der Waals surface area contributed by atoms with Crippen LogP contribution in [0.4, 0.5) is 0 Å². The summed E-state index contributed by atoms with van der Waals surface area (Å²) in [6.07, 6.45) is 14.8. The monoisotopic (exact) mass is 699 g/mol. The van der Waals surface area contributed by atoms with Crippen LogP contribution in [0.25, 0.3) is 0 Å². The van der Waals surface area contributed by atoms with E-state index < -0.39 is 11.6 Å². The summed E-state index contributed by atoms with van der Waals surface area (Å²) in [5.74, 6) is -2.44. The molecule has 0 saturated carbocycles. The predicted molar refractivity (Wildman–Crippen MR) is 206 cm³/mol. The first-order chi connectivity index (χ1) is 24.0. The molecule has 0 spiro atoms. The van der Waals surface area contributed by atoms with Crippen LogP contribution in [0.15, 0.2) is 93.2 Å². The van der Waals surface area contributed by atoms with Crippen molar-refractivity contribution in [2.45, 2.75) is 132 Å². The first kappa shape index (κ1) is 41.4. The number of Topliss-reactive ketones (excluding diaryl/α,β-unsaturated/α-hetero) is 3. The minimum Gasteiger partial charge on any atom is -0.505 e. The number of nitrogens with one attached hydrogen (secondary N) is 1. The Morgan fingerprint density at radius 2 is 1.29 bits per heavy atom. The van der Waals surface area contributed by atoms with Gasteiger partial charge in [-0.05, 0) is 111 Å². The molecule has 4 rings (SSSR count). The number of ketones is 4. The molecule has 4 aliphatic carbocycles. The van der Waals surface area contributed by atoms with E-state index in [4.69, 9.17) is 0 Å². The smallest absolute Gasteiger partial charge is 0.233 e. The van der Waals surface area contributed by atoms with Crippen molar-refractivity contribution in [1.29, 1.82) is 0 Å². The lowest BCUT2D eigenvalue weighted by atomic mass is 9.70. The second-order valence-corrected chi connectivity index (χ2v) is 15.3. The summed E-state index contributed by atoms with van der Waals surface area (Å²) in [6, 6.07) is 0.0427. The maximum absolute atomic E-state index is 13.1. The van der Waals surface area contributed by atoms with Gasteiger partial charge in [0.25, 0.3) is 0 Å². The molecule has 0 aliphatic heterocycles. The Balaban J connectivity index is 0.000000281. The Hall–Kier alpha value is -4.00. The zero-order chi connectivity index (χ0) is 38.2. The molecule has 0 radical (unpaired) electrons. The van der Waals surface area contributed by atoms with Crippen molar-refractivity contribution in [2.75, 3.05) is 0 Å². The third-order valence-electron chi connectivity index (χ3n) is 10.5. The van der Waals surface area contributed by atoms with Gasteiger partial charge < -0.3 is 15.5 Å². The van der Waals surface area contributed by atoms with Crippen molar-refractivity contribution >= 4 is 23.1 Å². The molecule has 3 N–H and O–H groups in total. The van der Waals surface area contributed by atoms with Crippen LogP contribution >= 0.6 is 0 Å². The van der Waals surface area contributed by atoms with Crippen molar-refractivity contribution in [1.82, 2.24) is 5.32 Å². The van der Waals surface area contributed by atoms with Crippen molar-refractivity contribution in [3.05, 3.63) is 93.2 Å². The highest BCUT2D eigenvalue weighted by Gasteiger charge is 2.41. The number of carbonyl (C=O) groups is 4. The second kappa shape index (κ2) is 18.5. The number of hydrogen-bond acceptors (Lipinski definition) is 7. The molecular formula is C44H61NO6. The fraction of sp³-hybridized carbons (Fsp3) is 0.545. The molecule has 0 aromatic rings. The summed E-state index contributed by atoms with van der Waals surface area (Å²) < 4.78 is 0. The summed E-state index contributed by atoms with van der Waals surface area (Å²) in [6.45, 7) is 24.1. The standard InChI is InChI=1S/C24H35NO3.C20H26O3/c1-7-8-9-10-18-21(25-15(4)5)23(27)20(24(28)22(18)26)19-13-16(6)11-12-17(19)14(2)3;1-5-6-7-14-11-17(21)18(20(23)19(14)22)16-10-13(4)8-9-15(16)12(2)3/h13,15,17,19,25,27H,2,7-12H2,1,3-6H3;10-11,15-16,23H,2,5-9H2,1,3-4H3/t17-,19+;15-,16+/m00/s1. The van der Waals surface area contributed by atoms with E-state index >= 15 is 0 Å². The van der Waals surface area contributed by atoms with Gasteiger partial charge in [-0.3, -0.25) is 19.2 Å². The number of rotatable bonds is 13. The number of allylic oxidation sites excluding steroid dienone is 11. The lowest BCUT2D eigenvalue weighted by Crippen LogP contribution is -2.37. The SMILES string of the molecule is C=C(C)[C@@H]1CCC(C)=C[C@H]1C1=C(O)C(=O)C(CCCC)=CC1=O.C=C(C)[C@@H]1CCC(C)=C[C@H]1C1=C(O)C(NC(C)C)=C(CCCCC)C(=O)C1=O. The second-order valence-electron chi connectivity index (χ2n) is 15.3. The van der Waals surface area contributed by atoms with E-state index in [1.807, 2.05) is 60.6 Å². The van der Waals surface area contributed by atoms with Gasteiger partial charge >= 0.3 is 0 Å². The fourth-order valence-electron chi connectivity index (χ4n) is 7.68. The quantitative estimate of drug-likeness (QED) is 0.0575. The van der Waals surface area contributed by atoms with Crippen molar-refractivity contribution in [3.63, 3.8) is 0 Å². The normalized spacial score (nSPS) is 24.3. The molecule has 0 amide bonds. The lowest BCUT2D eigenvalue weighted by Gasteiger charge is -2.34. The molecule has 4 aliphatic rings. The number of aliphatic hydroxyl groups excluding tert-OH is 2. The van der Waals surface area contributed by atoms with Crippen LogP contribution in [0.5, 0.6) is 0 Å². The first-order valence-corrected chi connectivity index (χ1v) is 19.0. The molecule has 7 heteroatoms. The van der Waals surface area contributed by atoms with Gasteiger partial charge in [0.2, 0.25) is 17.3 Å². The van der Waals surface area contributed by atoms with E-state index in [0.717, 1.165) is 68.9 Å². The Bertz CT molecular complexity index is 1620. The summed E-state index contributed by atoms with van der Waals surface area (Å²) in [5.41, 5.74) is 6.13. The van der Waals surface area contributed by atoms with Crippen LogP contribution in [0, 0.1) is 23.7 Å². The average molecular weight is 700 g/mol. The molecule has 0 unspecified atom stereocenters. The van der Waals surface area contributed by atoms with Gasteiger partial charge in [0.15, 0.2) is 11.5 Å². The molecule has 4 atom stereocenters. The third-order valence-corrected chi connectivity index (χ3v) is 10.5. The third kappa shape index (κ3) is 9.87. The summed E-state index contributed by atoms with van der Waals surface area (Å²) in [7, 11) is 0. The Morgan fingerprint density at radius 1 is 0.765 bits per heavy atom. The van der Waals surface area contributed by atoms with Crippen molar-refractivity contribution in [3.8, 4) is 0 Å². The lowest BCUT2D eigenvalue weighted by molar-refractivity contribution is -0.133. The highest BCUT2D eigenvalue weighted by Crippen LogP contribution is 2.42. The zero-order valence-electron chi connectivity index (χ0n) is 32.3. The largest absolute Gasteiger partial charge is 0.505 e. The minimum atomic E-state index is -0.555. The molecule has 7 nitrogen and oxygen atoms in total. The maximum Gasteiger partial charge on any atom is 0.233 e. The average Bonchev–Trinajstić information content (AvgIpc) is 3.06. The molecule has 0 heterocycles. The highest BCUT2D eigenvalue weighted by molar-refractivity contribution is 6.50. The number of hydrogen-bond donors (Lipinski definition) is 3. The first-order valence-electron chi connectivity index (χ1n) is 19.0. The predicted octanol–water partition coefficient (Wildman–Crippen LogP) is 9.95. The fourth-order valence-corrected chi connectivity index (χ4v) is 7.68. The van der Waals surface area contributed by atoms with Gasteiger partial charge in [-0.2, -0.15) is 0 Å². The molecule has 0 saturated heterocycles. The van der Waals surface area contributed by atoms with E-state index in [9.17, 15) is 29.4 Å². The molecule has 0 fully saturated rings. The minimum absolute atomic E-state index is 0.0427. The van der Waals surface area contributed by atoms with E-state index in [0.29, 0.717) is 29.7 Å². The van der Waals surface area contributed by atoms with Crippen LogP contribution in [-0.2, 0) is 19.2 Å². The zero-order valence-corrected chi connectivity index (χ0v) is 32.3. The highest BCUT2D eigenvalue weighted by atomic mass is 16.3. The molecule has 278 valence electrons. The number of carbonyl (C=O) groups excluding carboxylic acids is 4. The van der Waals surface area contributed by atoms with Gasteiger partial charge in [-0.1, -0.05) is 80.7 Å². The van der Waals surface area contributed by atoms with E-state index in [2.05, 4.69) is 25.4 Å². The van der Waals surface area contributed by atoms with E-state index in [1.54, 1.807) is 0 Å². The van der Waals surface area contributed by atoms with E-state index in [-0.39, 0.29) is 63.9 Å². The van der Waals surface area contributed by atoms with E-state index in [1.165, 1.54) is 17.2 Å². The number of unbranched alkanes of at least 4 members (excludes halogenated alkanes) is 3. The van der Waals surface area contributed by atoms with Crippen LogP contribution in [0.2, 0.25) is 0 Å². The van der Waals surface area contributed by atoms with Crippen LogP contribution in [0.3, 0.4) is 0 Å². The van der Waals surface area contributed by atoms with Crippen LogP contribution in [-0.4, -0.2) is 39.4 Å². The van der Waals surface area contributed by atoms with Gasteiger partial charge in [0.05, 0.1) is 16.8 Å². The van der Waals surface area contributed by atoms with Gasteiger partial charge in [-0.15, -0.1) is 0 Å². The topological polar surface area (TPSA) is 121 Å². The molecule has 51 heavy (non-hydrogen) atoms. The van der Waals surface area contributed by atoms with Crippen molar-refractivity contribution < 1.29 is 29.4 Å². The van der Waals surface area contributed by atoms with Gasteiger partial charge in [0.1, 0.15) is 5.76 Å². The van der Waals surface area contributed by atoms with Gasteiger partial charge in [-0.25, -0.2) is 0 Å². The Kier molecular flexibility index (Phi) is 15.0. The molecule has 0 bridgehead atoms. The summed E-state index contributed by atoms with van der Waals surface area (Å²) in [4.78, 5) is 51.1. The number of aliphatic hydroxyl groups is 2. The molecule has 0 aromatic heterocycles. The Morgan fingerprint density at radius 3 is 1.78 bits per heavy atom. The summed E-state index contributed by atoms with van der Waals surface area (Å²) in [5, 5.41) is 24.8. The Labute approximate surface area is 306 Å². The van der Waals surface area contributed by atoms with Gasteiger partial charge in [0, 0.05) is 29.0 Å². The molecule has 0 aromatic carbocycles. The summed E-state index contributed by atoms with van der Waals surface area (Å²) >= 11 is 0.